The molecule has 1 unspecified atom stereocenters. The van der Waals surface area contributed by atoms with Crippen molar-refractivity contribution in [2.75, 3.05) is 12.8 Å². The number of pyridine rings is 1. The quantitative estimate of drug-likeness (QED) is 0.931. The predicted octanol–water partition coefficient (Wildman–Crippen LogP) is 3.74. The Balaban J connectivity index is 1.79. The molecule has 3 heterocycles. The monoisotopic (exact) mass is 304 g/mol. The van der Waals surface area contributed by atoms with Crippen LogP contribution in [0.25, 0.3) is 0 Å². The van der Waals surface area contributed by atoms with Crippen LogP contribution in [0.1, 0.15) is 32.6 Å². The topological polar surface area (TPSA) is 24.9 Å². The Morgan fingerprint density at radius 3 is 3.00 bits per heavy atom. The van der Waals surface area contributed by atoms with Crippen molar-refractivity contribution in [1.82, 2.24) is 10.3 Å². The Kier molecular flexibility index (Phi) is 4.44. The van der Waals surface area contributed by atoms with Crippen molar-refractivity contribution in [3.8, 4) is 0 Å². The molecule has 2 aromatic rings. The number of likely N-dealkylation sites (N-methyl/N-ethyl adjacent to an activating group) is 1. The Bertz CT molecular complexity index is 551. The second kappa shape index (κ2) is 6.29. The van der Waals surface area contributed by atoms with Gasteiger partial charge in [-0.15, -0.1) is 11.3 Å². The molecule has 0 saturated carbocycles. The average molecular weight is 304 g/mol. The summed E-state index contributed by atoms with van der Waals surface area (Å²) in [5.41, 5.74) is 3.94. The van der Waals surface area contributed by atoms with E-state index in [4.69, 9.17) is 0 Å². The Hall–Kier alpha value is -0.840. The highest BCUT2D eigenvalue weighted by Gasteiger charge is 2.19. The molecule has 0 spiro atoms. The summed E-state index contributed by atoms with van der Waals surface area (Å²) in [6.07, 6.45) is 4.16. The number of nitrogens with one attached hydrogen (secondary N) is 1. The first kappa shape index (κ1) is 14.1. The molecule has 1 N–H and O–H groups in total. The van der Waals surface area contributed by atoms with Crippen molar-refractivity contribution in [2.45, 2.75) is 31.6 Å². The lowest BCUT2D eigenvalue weighted by atomic mass is 10.1. The van der Waals surface area contributed by atoms with Crippen LogP contribution in [0.5, 0.6) is 0 Å². The molecule has 0 aliphatic carbocycles. The first-order chi connectivity index (χ1) is 9.76. The molecule has 106 valence electrons. The summed E-state index contributed by atoms with van der Waals surface area (Å²) in [4.78, 5) is 7.59. The van der Waals surface area contributed by atoms with Crippen LogP contribution in [-0.4, -0.2) is 17.8 Å². The molecule has 1 atom stereocenters. The van der Waals surface area contributed by atoms with E-state index in [0.29, 0.717) is 6.04 Å². The van der Waals surface area contributed by atoms with Gasteiger partial charge < -0.3 is 5.32 Å². The number of hydrogen-bond donors (Lipinski definition) is 1. The van der Waals surface area contributed by atoms with Crippen LogP contribution < -0.4 is 5.32 Å². The lowest BCUT2D eigenvalue weighted by Gasteiger charge is -2.14. The first-order valence-electron chi connectivity index (χ1n) is 7.04. The standard InChI is InChI=1S/C16H20N2S2/c1-11-3-4-13(18-9-11)8-14(17-2)16-7-12-10-19-6-5-15(12)20-16/h3-4,7,9,14,17H,5-6,8,10H2,1-2H3. The Labute approximate surface area is 129 Å². The first-order valence-corrected chi connectivity index (χ1v) is 9.01. The van der Waals surface area contributed by atoms with Crippen molar-refractivity contribution in [1.29, 1.82) is 0 Å². The summed E-state index contributed by atoms with van der Waals surface area (Å²) in [6.45, 7) is 2.08. The molecule has 3 rings (SSSR count). The van der Waals surface area contributed by atoms with Gasteiger partial charge in [-0.05, 0) is 49.4 Å². The van der Waals surface area contributed by atoms with Crippen LogP contribution in [0.15, 0.2) is 24.4 Å². The minimum Gasteiger partial charge on any atom is -0.312 e. The van der Waals surface area contributed by atoms with Gasteiger partial charge in [0.15, 0.2) is 0 Å². The van der Waals surface area contributed by atoms with Crippen LogP contribution >= 0.6 is 23.1 Å². The third kappa shape index (κ3) is 3.08. The fourth-order valence-corrected chi connectivity index (χ4v) is 5.00. The van der Waals surface area contributed by atoms with E-state index in [2.05, 4.69) is 35.4 Å². The van der Waals surface area contributed by atoms with Crippen LogP contribution in [0.3, 0.4) is 0 Å². The minimum atomic E-state index is 0.380. The summed E-state index contributed by atoms with van der Waals surface area (Å²) in [6, 6.07) is 7.07. The normalized spacial score (nSPS) is 15.9. The second-order valence-electron chi connectivity index (χ2n) is 5.27. The fourth-order valence-electron chi connectivity index (χ4n) is 2.52. The summed E-state index contributed by atoms with van der Waals surface area (Å²) in [5, 5.41) is 3.45. The maximum absolute atomic E-state index is 4.53. The van der Waals surface area contributed by atoms with E-state index >= 15 is 0 Å². The van der Waals surface area contributed by atoms with Gasteiger partial charge in [0.2, 0.25) is 0 Å². The molecule has 1 aliphatic rings. The molecular formula is C16H20N2S2. The third-order valence-electron chi connectivity index (χ3n) is 3.72. The molecule has 0 saturated heterocycles. The lowest BCUT2D eigenvalue weighted by Crippen LogP contribution is -2.18. The molecule has 0 bridgehead atoms. The maximum Gasteiger partial charge on any atom is 0.0468 e. The number of rotatable bonds is 4. The molecule has 4 heteroatoms. The van der Waals surface area contributed by atoms with E-state index < -0.39 is 0 Å². The van der Waals surface area contributed by atoms with Gasteiger partial charge >= 0.3 is 0 Å². The van der Waals surface area contributed by atoms with E-state index in [-0.39, 0.29) is 0 Å². The zero-order valence-electron chi connectivity index (χ0n) is 12.0. The van der Waals surface area contributed by atoms with E-state index in [1.807, 2.05) is 36.3 Å². The number of nitrogens with zero attached hydrogens (tertiary/aromatic N) is 1. The summed E-state index contributed by atoms with van der Waals surface area (Å²) >= 11 is 4.04. The summed E-state index contributed by atoms with van der Waals surface area (Å²) in [7, 11) is 2.05. The number of aromatic nitrogens is 1. The molecule has 0 fully saturated rings. The van der Waals surface area contributed by atoms with Crippen LogP contribution in [0, 0.1) is 6.92 Å². The van der Waals surface area contributed by atoms with Gasteiger partial charge in [0.25, 0.3) is 0 Å². The SMILES string of the molecule is CNC(Cc1ccc(C)cn1)c1cc2c(s1)CCSC2. The molecule has 20 heavy (non-hydrogen) atoms. The second-order valence-corrected chi connectivity index (χ2v) is 7.55. The lowest BCUT2D eigenvalue weighted by molar-refractivity contribution is 0.594. The number of fused-ring (bicyclic) bond motifs is 1. The number of thiophene rings is 1. The largest absolute Gasteiger partial charge is 0.312 e. The number of thioether (sulfide) groups is 1. The zero-order valence-corrected chi connectivity index (χ0v) is 13.6. The van der Waals surface area contributed by atoms with Crippen LogP contribution in [-0.2, 0) is 18.6 Å². The minimum absolute atomic E-state index is 0.380. The van der Waals surface area contributed by atoms with E-state index in [9.17, 15) is 0 Å². The van der Waals surface area contributed by atoms with Gasteiger partial charge in [-0.2, -0.15) is 11.8 Å². The van der Waals surface area contributed by atoms with Gasteiger partial charge in [-0.3, -0.25) is 4.98 Å². The van der Waals surface area contributed by atoms with Crippen LogP contribution in [0.2, 0.25) is 0 Å². The summed E-state index contributed by atoms with van der Waals surface area (Å²) in [5.74, 6) is 2.46. The highest BCUT2D eigenvalue weighted by Crippen LogP contribution is 2.35. The zero-order chi connectivity index (χ0) is 13.9. The van der Waals surface area contributed by atoms with E-state index in [1.54, 1.807) is 10.4 Å². The molecule has 2 aromatic heterocycles. The molecule has 0 radical (unpaired) electrons. The summed E-state index contributed by atoms with van der Waals surface area (Å²) < 4.78 is 0. The average Bonchev–Trinajstić information content (AvgIpc) is 2.90. The van der Waals surface area contributed by atoms with Crippen molar-refractivity contribution < 1.29 is 0 Å². The van der Waals surface area contributed by atoms with Gasteiger partial charge in [0.1, 0.15) is 0 Å². The Morgan fingerprint density at radius 2 is 2.30 bits per heavy atom. The van der Waals surface area contributed by atoms with Gasteiger partial charge in [-0.25, -0.2) is 0 Å². The fraction of sp³-hybridized carbons (Fsp3) is 0.438. The Morgan fingerprint density at radius 1 is 1.40 bits per heavy atom. The number of hydrogen-bond acceptors (Lipinski definition) is 4. The third-order valence-corrected chi connectivity index (χ3v) is 6.08. The van der Waals surface area contributed by atoms with Gasteiger partial charge in [0, 0.05) is 39.9 Å². The predicted molar refractivity (Wildman–Crippen MR) is 88.7 cm³/mol. The van der Waals surface area contributed by atoms with Crippen molar-refractivity contribution >= 4 is 23.1 Å². The molecule has 0 aromatic carbocycles. The van der Waals surface area contributed by atoms with Crippen molar-refractivity contribution in [2.24, 2.45) is 0 Å². The highest BCUT2D eigenvalue weighted by atomic mass is 32.2. The maximum atomic E-state index is 4.53. The molecule has 2 nitrogen and oxygen atoms in total. The van der Waals surface area contributed by atoms with E-state index in [0.717, 1.165) is 12.1 Å². The van der Waals surface area contributed by atoms with Crippen LogP contribution in [0.4, 0.5) is 0 Å². The van der Waals surface area contributed by atoms with Crippen molar-refractivity contribution in [3.05, 3.63) is 51.0 Å². The molecule has 0 amide bonds. The molecular weight excluding hydrogens is 284 g/mol. The van der Waals surface area contributed by atoms with Gasteiger partial charge in [-0.1, -0.05) is 6.07 Å². The highest BCUT2D eigenvalue weighted by molar-refractivity contribution is 7.98. The van der Waals surface area contributed by atoms with E-state index in [1.165, 1.54) is 28.4 Å². The molecule has 1 aliphatic heterocycles. The van der Waals surface area contributed by atoms with Crippen molar-refractivity contribution in [3.63, 3.8) is 0 Å². The smallest absolute Gasteiger partial charge is 0.0468 e. The van der Waals surface area contributed by atoms with Gasteiger partial charge in [0.05, 0.1) is 0 Å². The number of aryl methyl sites for hydroxylation is 2.